The summed E-state index contributed by atoms with van der Waals surface area (Å²) in [5.41, 5.74) is 5.32. The van der Waals surface area contributed by atoms with Crippen molar-refractivity contribution in [1.29, 1.82) is 0 Å². The summed E-state index contributed by atoms with van der Waals surface area (Å²) >= 11 is 0. The first kappa shape index (κ1) is 15.8. The Hall–Kier alpha value is -3.07. The van der Waals surface area contributed by atoms with Gasteiger partial charge in [0.2, 0.25) is 0 Å². The number of hydrogen-bond donors (Lipinski definition) is 0. The molecule has 2 nitrogen and oxygen atoms in total. The van der Waals surface area contributed by atoms with E-state index in [9.17, 15) is 9.18 Å². The summed E-state index contributed by atoms with van der Waals surface area (Å²) in [5, 5.41) is 0. The van der Waals surface area contributed by atoms with Gasteiger partial charge in [-0.1, -0.05) is 42.5 Å². The van der Waals surface area contributed by atoms with Crippen molar-refractivity contribution in [1.82, 2.24) is 4.98 Å². The van der Waals surface area contributed by atoms with Crippen LogP contribution >= 0.6 is 0 Å². The number of aryl methyl sites for hydroxylation is 1. The number of hydrogen-bond acceptors (Lipinski definition) is 2. The van der Waals surface area contributed by atoms with E-state index in [1.807, 2.05) is 43.3 Å². The standard InChI is InChI=1S/C21H16FNO/c1-15-19(8-5-13-24)20(16-9-11-18(22)12-10-16)14-21(23-15)17-6-3-2-4-7-17/h2-14H,1H3. The number of halogens is 1. The molecule has 0 atom stereocenters. The molecular formula is C21H16FNO. The third kappa shape index (κ3) is 3.30. The molecule has 3 rings (SSSR count). The highest BCUT2D eigenvalue weighted by Crippen LogP contribution is 2.31. The molecule has 0 radical (unpaired) electrons. The number of nitrogens with zero attached hydrogens (tertiary/aromatic N) is 1. The van der Waals surface area contributed by atoms with E-state index in [0.717, 1.165) is 39.9 Å². The van der Waals surface area contributed by atoms with E-state index in [1.54, 1.807) is 18.2 Å². The molecule has 2 aromatic carbocycles. The Morgan fingerprint density at radius 3 is 2.33 bits per heavy atom. The monoisotopic (exact) mass is 317 g/mol. The quantitative estimate of drug-likeness (QED) is 0.496. The van der Waals surface area contributed by atoms with Gasteiger partial charge in [0.05, 0.1) is 5.69 Å². The molecule has 0 aliphatic heterocycles. The number of aromatic nitrogens is 1. The summed E-state index contributed by atoms with van der Waals surface area (Å²) in [7, 11) is 0. The Labute approximate surface area is 140 Å². The third-order valence-electron chi connectivity index (χ3n) is 3.82. The number of benzene rings is 2. The van der Waals surface area contributed by atoms with Crippen LogP contribution in [0, 0.1) is 12.7 Å². The molecular weight excluding hydrogens is 301 g/mol. The van der Waals surface area contributed by atoms with Crippen LogP contribution in [0.3, 0.4) is 0 Å². The molecule has 3 heteroatoms. The lowest BCUT2D eigenvalue weighted by atomic mass is 9.96. The predicted molar refractivity (Wildman–Crippen MR) is 94.9 cm³/mol. The predicted octanol–water partition coefficient (Wildman–Crippen LogP) is 5.08. The molecule has 1 aromatic heterocycles. The van der Waals surface area contributed by atoms with Gasteiger partial charge < -0.3 is 0 Å². The first-order chi connectivity index (χ1) is 11.7. The highest BCUT2D eigenvalue weighted by Gasteiger charge is 2.11. The van der Waals surface area contributed by atoms with Gasteiger partial charge in [0.1, 0.15) is 12.1 Å². The van der Waals surface area contributed by atoms with Crippen LogP contribution in [0.15, 0.2) is 66.7 Å². The van der Waals surface area contributed by atoms with Gasteiger partial charge in [0.25, 0.3) is 0 Å². The van der Waals surface area contributed by atoms with Gasteiger partial charge in [0.15, 0.2) is 0 Å². The third-order valence-corrected chi connectivity index (χ3v) is 3.82. The number of carbonyl (C=O) groups is 1. The normalized spacial score (nSPS) is 10.9. The molecule has 0 saturated heterocycles. The molecule has 0 N–H and O–H groups in total. The fraction of sp³-hybridized carbons (Fsp3) is 0.0476. The second-order valence-corrected chi connectivity index (χ2v) is 5.42. The average molecular weight is 317 g/mol. The lowest BCUT2D eigenvalue weighted by Gasteiger charge is -2.12. The highest BCUT2D eigenvalue weighted by molar-refractivity contribution is 5.84. The van der Waals surface area contributed by atoms with E-state index in [2.05, 4.69) is 4.98 Å². The van der Waals surface area contributed by atoms with Crippen LogP contribution < -0.4 is 0 Å². The zero-order chi connectivity index (χ0) is 16.9. The van der Waals surface area contributed by atoms with Gasteiger partial charge in [-0.25, -0.2) is 4.39 Å². The minimum atomic E-state index is -0.280. The summed E-state index contributed by atoms with van der Waals surface area (Å²) in [4.78, 5) is 15.4. The topological polar surface area (TPSA) is 30.0 Å². The largest absolute Gasteiger partial charge is 0.299 e. The number of allylic oxidation sites excluding steroid dienone is 1. The molecule has 1 heterocycles. The summed E-state index contributed by atoms with van der Waals surface area (Å²) in [6, 6.07) is 18.2. The van der Waals surface area contributed by atoms with Crippen LogP contribution in [0.1, 0.15) is 11.3 Å². The van der Waals surface area contributed by atoms with E-state index < -0.39 is 0 Å². The highest BCUT2D eigenvalue weighted by atomic mass is 19.1. The van der Waals surface area contributed by atoms with Crippen molar-refractivity contribution in [3.8, 4) is 22.4 Å². The maximum absolute atomic E-state index is 13.3. The summed E-state index contributed by atoms with van der Waals surface area (Å²) in [5.74, 6) is -0.280. The Morgan fingerprint density at radius 2 is 1.67 bits per heavy atom. The summed E-state index contributed by atoms with van der Waals surface area (Å²) in [6.45, 7) is 1.91. The first-order valence-electron chi connectivity index (χ1n) is 7.64. The Morgan fingerprint density at radius 1 is 0.958 bits per heavy atom. The Kier molecular flexibility index (Phi) is 4.62. The molecule has 0 bridgehead atoms. The average Bonchev–Trinajstić information content (AvgIpc) is 2.61. The molecule has 0 aliphatic carbocycles. The van der Waals surface area contributed by atoms with Crippen molar-refractivity contribution in [3.05, 3.63) is 83.8 Å². The van der Waals surface area contributed by atoms with Crippen molar-refractivity contribution in [2.75, 3.05) is 0 Å². The van der Waals surface area contributed by atoms with E-state index in [4.69, 9.17) is 0 Å². The fourth-order valence-corrected chi connectivity index (χ4v) is 2.65. The van der Waals surface area contributed by atoms with Crippen LogP contribution in [0.25, 0.3) is 28.5 Å². The molecule has 0 aliphatic rings. The van der Waals surface area contributed by atoms with Gasteiger partial charge in [-0.3, -0.25) is 9.78 Å². The van der Waals surface area contributed by atoms with Crippen molar-refractivity contribution in [2.24, 2.45) is 0 Å². The molecule has 0 saturated carbocycles. The van der Waals surface area contributed by atoms with Crippen LogP contribution in [-0.4, -0.2) is 11.3 Å². The van der Waals surface area contributed by atoms with Gasteiger partial charge in [-0.15, -0.1) is 0 Å². The number of pyridine rings is 1. The van der Waals surface area contributed by atoms with Crippen LogP contribution in [0.5, 0.6) is 0 Å². The second-order valence-electron chi connectivity index (χ2n) is 5.42. The van der Waals surface area contributed by atoms with Crippen molar-refractivity contribution < 1.29 is 9.18 Å². The first-order valence-corrected chi connectivity index (χ1v) is 7.64. The molecule has 0 amide bonds. The zero-order valence-electron chi connectivity index (χ0n) is 13.2. The summed E-state index contributed by atoms with van der Waals surface area (Å²) in [6.07, 6.45) is 3.92. The van der Waals surface area contributed by atoms with E-state index in [0.29, 0.717) is 0 Å². The number of aldehydes is 1. The lowest BCUT2D eigenvalue weighted by Crippen LogP contribution is -1.95. The van der Waals surface area contributed by atoms with Crippen LogP contribution in [0.4, 0.5) is 4.39 Å². The van der Waals surface area contributed by atoms with Crippen LogP contribution in [0.2, 0.25) is 0 Å². The van der Waals surface area contributed by atoms with Crippen molar-refractivity contribution in [2.45, 2.75) is 6.92 Å². The van der Waals surface area contributed by atoms with Crippen molar-refractivity contribution >= 4 is 12.4 Å². The molecule has 3 aromatic rings. The maximum Gasteiger partial charge on any atom is 0.142 e. The van der Waals surface area contributed by atoms with Gasteiger partial charge in [-0.05, 0) is 48.4 Å². The van der Waals surface area contributed by atoms with E-state index >= 15 is 0 Å². The Balaban J connectivity index is 2.22. The second kappa shape index (κ2) is 7.01. The smallest absolute Gasteiger partial charge is 0.142 e. The van der Waals surface area contributed by atoms with E-state index in [-0.39, 0.29) is 5.82 Å². The number of rotatable bonds is 4. The minimum absolute atomic E-state index is 0.280. The molecule has 118 valence electrons. The van der Waals surface area contributed by atoms with Gasteiger partial charge >= 0.3 is 0 Å². The van der Waals surface area contributed by atoms with Gasteiger partial charge in [-0.2, -0.15) is 0 Å². The van der Waals surface area contributed by atoms with Crippen LogP contribution in [-0.2, 0) is 4.79 Å². The Bertz CT molecular complexity index is 884. The lowest BCUT2D eigenvalue weighted by molar-refractivity contribution is -0.104. The number of carbonyl (C=O) groups excluding carboxylic acids is 1. The summed E-state index contributed by atoms with van der Waals surface area (Å²) < 4.78 is 13.3. The fourth-order valence-electron chi connectivity index (χ4n) is 2.65. The SMILES string of the molecule is Cc1nc(-c2ccccc2)cc(-c2ccc(F)cc2)c1C=CC=O. The van der Waals surface area contributed by atoms with Crippen molar-refractivity contribution in [3.63, 3.8) is 0 Å². The molecule has 0 spiro atoms. The van der Waals surface area contributed by atoms with E-state index in [1.165, 1.54) is 18.2 Å². The molecule has 0 unspecified atom stereocenters. The molecule has 24 heavy (non-hydrogen) atoms. The molecule has 0 fully saturated rings. The van der Waals surface area contributed by atoms with Gasteiger partial charge in [0, 0.05) is 16.8 Å². The minimum Gasteiger partial charge on any atom is -0.299 e. The maximum atomic E-state index is 13.3. The zero-order valence-corrected chi connectivity index (χ0v) is 13.2.